The summed E-state index contributed by atoms with van der Waals surface area (Å²) in [6.07, 6.45) is 3.62. The van der Waals surface area contributed by atoms with Gasteiger partial charge in [-0.1, -0.05) is 11.8 Å². The van der Waals surface area contributed by atoms with Crippen LogP contribution in [0, 0.1) is 11.8 Å². The first kappa shape index (κ1) is 11.2. The van der Waals surface area contributed by atoms with E-state index in [4.69, 9.17) is 4.74 Å². The fraction of sp³-hybridized carbons (Fsp3) is 0.231. The average Bonchev–Trinajstić information content (AvgIpc) is 2.76. The molecule has 0 saturated carbocycles. The summed E-state index contributed by atoms with van der Waals surface area (Å²) in [4.78, 5) is 18.3. The summed E-state index contributed by atoms with van der Waals surface area (Å²) in [5.41, 5.74) is 2.62. The number of hydrogen-bond donors (Lipinski definition) is 1. The highest BCUT2D eigenvalue weighted by Crippen LogP contribution is 2.09. The summed E-state index contributed by atoms with van der Waals surface area (Å²) in [6.45, 7) is 2.16. The molecule has 0 spiro atoms. The molecule has 2 heterocycles. The zero-order valence-electron chi connectivity index (χ0n) is 9.49. The van der Waals surface area contributed by atoms with Crippen molar-refractivity contribution in [3.63, 3.8) is 0 Å². The SMILES string of the molecule is CCOC(=O)CC#Cc1cnc2cc[nH]c2c1. The van der Waals surface area contributed by atoms with Gasteiger partial charge in [0.1, 0.15) is 6.42 Å². The lowest BCUT2D eigenvalue weighted by Gasteiger charge is -1.95. The quantitative estimate of drug-likeness (QED) is 0.630. The topological polar surface area (TPSA) is 55.0 Å². The van der Waals surface area contributed by atoms with Gasteiger partial charge in [-0.05, 0) is 19.1 Å². The van der Waals surface area contributed by atoms with Crippen LogP contribution in [-0.2, 0) is 9.53 Å². The Bertz CT molecular complexity index is 590. The molecule has 0 fully saturated rings. The van der Waals surface area contributed by atoms with Crippen LogP contribution in [0.15, 0.2) is 24.5 Å². The third-order valence-electron chi connectivity index (χ3n) is 2.17. The molecule has 0 aliphatic rings. The van der Waals surface area contributed by atoms with Crippen LogP contribution in [-0.4, -0.2) is 22.5 Å². The lowest BCUT2D eigenvalue weighted by atomic mass is 10.2. The number of rotatable bonds is 2. The van der Waals surface area contributed by atoms with E-state index in [1.807, 2.05) is 18.3 Å². The predicted octanol–water partition coefficient (Wildman–Crippen LogP) is 1.87. The van der Waals surface area contributed by atoms with E-state index in [1.54, 1.807) is 13.1 Å². The molecule has 1 N–H and O–H groups in total. The zero-order valence-corrected chi connectivity index (χ0v) is 9.49. The summed E-state index contributed by atoms with van der Waals surface area (Å²) in [5.74, 6) is 5.35. The molecule has 0 bridgehead atoms. The highest BCUT2D eigenvalue weighted by atomic mass is 16.5. The molecule has 4 heteroatoms. The van der Waals surface area contributed by atoms with E-state index in [0.29, 0.717) is 6.61 Å². The van der Waals surface area contributed by atoms with Crippen molar-refractivity contribution in [1.82, 2.24) is 9.97 Å². The van der Waals surface area contributed by atoms with Crippen molar-refractivity contribution in [2.75, 3.05) is 6.61 Å². The van der Waals surface area contributed by atoms with E-state index < -0.39 is 0 Å². The fourth-order valence-corrected chi connectivity index (χ4v) is 1.43. The number of hydrogen-bond acceptors (Lipinski definition) is 3. The average molecular weight is 228 g/mol. The number of carbonyl (C=O) groups excluding carboxylic acids is 1. The minimum absolute atomic E-state index is 0.108. The molecule has 86 valence electrons. The van der Waals surface area contributed by atoms with Crippen LogP contribution in [0.4, 0.5) is 0 Å². The van der Waals surface area contributed by atoms with Crippen LogP contribution in [0.2, 0.25) is 0 Å². The van der Waals surface area contributed by atoms with E-state index in [9.17, 15) is 4.79 Å². The minimum atomic E-state index is -0.297. The molecule has 0 atom stereocenters. The number of esters is 1. The molecule has 2 aromatic heterocycles. The van der Waals surface area contributed by atoms with Crippen LogP contribution in [0.25, 0.3) is 11.0 Å². The Morgan fingerprint density at radius 1 is 1.59 bits per heavy atom. The molecule has 0 saturated heterocycles. The van der Waals surface area contributed by atoms with Crippen molar-refractivity contribution in [3.8, 4) is 11.8 Å². The van der Waals surface area contributed by atoms with Crippen molar-refractivity contribution in [2.24, 2.45) is 0 Å². The molecule has 0 aromatic carbocycles. The number of carbonyl (C=O) groups is 1. The molecule has 0 amide bonds. The van der Waals surface area contributed by atoms with Gasteiger partial charge in [0, 0.05) is 18.0 Å². The fourth-order valence-electron chi connectivity index (χ4n) is 1.43. The largest absolute Gasteiger partial charge is 0.465 e. The Kier molecular flexibility index (Phi) is 3.41. The first-order valence-electron chi connectivity index (χ1n) is 5.37. The van der Waals surface area contributed by atoms with Crippen LogP contribution in [0.5, 0.6) is 0 Å². The Hall–Kier alpha value is -2.28. The Morgan fingerprint density at radius 2 is 2.47 bits per heavy atom. The van der Waals surface area contributed by atoms with Gasteiger partial charge in [0.25, 0.3) is 0 Å². The summed E-state index contributed by atoms with van der Waals surface area (Å²) < 4.78 is 4.77. The Morgan fingerprint density at radius 3 is 3.29 bits per heavy atom. The first-order valence-corrected chi connectivity index (χ1v) is 5.37. The lowest BCUT2D eigenvalue weighted by molar-refractivity contribution is -0.141. The molecular formula is C13H12N2O2. The van der Waals surface area contributed by atoms with Gasteiger partial charge in [-0.25, -0.2) is 0 Å². The van der Waals surface area contributed by atoms with Gasteiger partial charge < -0.3 is 9.72 Å². The number of nitrogens with zero attached hydrogens (tertiary/aromatic N) is 1. The number of aromatic nitrogens is 2. The van der Waals surface area contributed by atoms with Crippen LogP contribution in [0.1, 0.15) is 18.9 Å². The zero-order chi connectivity index (χ0) is 12.1. The Balaban J connectivity index is 2.07. The number of aromatic amines is 1. The highest BCUT2D eigenvalue weighted by Gasteiger charge is 1.97. The monoisotopic (exact) mass is 228 g/mol. The number of ether oxygens (including phenoxy) is 1. The van der Waals surface area contributed by atoms with Crippen molar-refractivity contribution in [3.05, 3.63) is 30.1 Å². The van der Waals surface area contributed by atoms with Crippen molar-refractivity contribution < 1.29 is 9.53 Å². The lowest BCUT2D eigenvalue weighted by Crippen LogP contribution is -2.01. The normalized spacial score (nSPS) is 9.71. The maximum absolute atomic E-state index is 11.1. The van der Waals surface area contributed by atoms with E-state index in [0.717, 1.165) is 16.6 Å². The molecule has 4 nitrogen and oxygen atoms in total. The van der Waals surface area contributed by atoms with Crippen LogP contribution < -0.4 is 0 Å². The van der Waals surface area contributed by atoms with E-state index in [-0.39, 0.29) is 12.4 Å². The standard InChI is InChI=1S/C13H12N2O2/c1-2-17-13(16)5-3-4-10-8-12-11(15-9-10)6-7-14-12/h6-9,14H,2,5H2,1H3. The second-order valence-electron chi connectivity index (χ2n) is 3.42. The molecule has 0 radical (unpaired) electrons. The van der Waals surface area contributed by atoms with Crippen molar-refractivity contribution in [2.45, 2.75) is 13.3 Å². The van der Waals surface area contributed by atoms with E-state index in [2.05, 4.69) is 21.8 Å². The van der Waals surface area contributed by atoms with E-state index >= 15 is 0 Å². The number of fused-ring (bicyclic) bond motifs is 1. The molecule has 0 aliphatic carbocycles. The molecule has 2 rings (SSSR count). The van der Waals surface area contributed by atoms with Crippen LogP contribution >= 0.6 is 0 Å². The van der Waals surface area contributed by atoms with Gasteiger partial charge in [0.15, 0.2) is 0 Å². The molecule has 17 heavy (non-hydrogen) atoms. The summed E-state index contributed by atoms with van der Waals surface area (Å²) in [6, 6.07) is 3.80. The summed E-state index contributed by atoms with van der Waals surface area (Å²) in [5, 5.41) is 0. The summed E-state index contributed by atoms with van der Waals surface area (Å²) >= 11 is 0. The molecular weight excluding hydrogens is 216 g/mol. The third kappa shape index (κ3) is 2.85. The van der Waals surface area contributed by atoms with Gasteiger partial charge in [-0.3, -0.25) is 9.78 Å². The highest BCUT2D eigenvalue weighted by molar-refractivity contribution is 5.76. The molecule has 0 aliphatic heterocycles. The van der Waals surface area contributed by atoms with Gasteiger partial charge in [-0.15, -0.1) is 0 Å². The van der Waals surface area contributed by atoms with Gasteiger partial charge >= 0.3 is 5.97 Å². The number of nitrogens with one attached hydrogen (secondary N) is 1. The van der Waals surface area contributed by atoms with Gasteiger partial charge in [0.05, 0.1) is 17.6 Å². The number of pyridine rings is 1. The first-order chi connectivity index (χ1) is 8.29. The predicted molar refractivity (Wildman–Crippen MR) is 64.2 cm³/mol. The minimum Gasteiger partial charge on any atom is -0.465 e. The number of H-pyrrole nitrogens is 1. The van der Waals surface area contributed by atoms with Crippen molar-refractivity contribution >= 4 is 17.0 Å². The maximum atomic E-state index is 11.1. The van der Waals surface area contributed by atoms with Crippen molar-refractivity contribution in [1.29, 1.82) is 0 Å². The second-order valence-corrected chi connectivity index (χ2v) is 3.42. The maximum Gasteiger partial charge on any atom is 0.317 e. The van der Waals surface area contributed by atoms with Gasteiger partial charge in [0.2, 0.25) is 0 Å². The second kappa shape index (κ2) is 5.17. The summed E-state index contributed by atoms with van der Waals surface area (Å²) in [7, 11) is 0. The smallest absolute Gasteiger partial charge is 0.317 e. The third-order valence-corrected chi connectivity index (χ3v) is 2.17. The van der Waals surface area contributed by atoms with Gasteiger partial charge in [-0.2, -0.15) is 0 Å². The molecule has 2 aromatic rings. The van der Waals surface area contributed by atoms with Crippen LogP contribution in [0.3, 0.4) is 0 Å². The Labute approximate surface area is 99.0 Å². The molecule has 0 unspecified atom stereocenters. The van der Waals surface area contributed by atoms with E-state index in [1.165, 1.54) is 0 Å².